The maximum absolute atomic E-state index is 5.79. The van der Waals surface area contributed by atoms with Crippen LogP contribution in [-0.2, 0) is 9.47 Å². The van der Waals surface area contributed by atoms with Crippen molar-refractivity contribution in [3.8, 4) is 0 Å². The summed E-state index contributed by atoms with van der Waals surface area (Å²) in [7, 11) is 0. The van der Waals surface area contributed by atoms with Crippen LogP contribution in [0.5, 0.6) is 0 Å². The van der Waals surface area contributed by atoms with E-state index in [2.05, 4.69) is 10.3 Å². The van der Waals surface area contributed by atoms with Gasteiger partial charge in [0.1, 0.15) is 0 Å². The van der Waals surface area contributed by atoms with Crippen molar-refractivity contribution in [3.05, 3.63) is 30.3 Å². The Kier molecular flexibility index (Phi) is 5.65. The van der Waals surface area contributed by atoms with Gasteiger partial charge in [-0.3, -0.25) is 4.99 Å². The first kappa shape index (κ1) is 13.8. The molecule has 2 rings (SSSR count). The van der Waals surface area contributed by atoms with E-state index in [0.29, 0.717) is 19.1 Å². The molecule has 1 aromatic carbocycles. The van der Waals surface area contributed by atoms with Crippen molar-refractivity contribution in [1.82, 2.24) is 0 Å². The van der Waals surface area contributed by atoms with Gasteiger partial charge in [-0.1, -0.05) is 18.2 Å². The van der Waals surface area contributed by atoms with Crippen molar-refractivity contribution >= 4 is 11.6 Å². The van der Waals surface area contributed by atoms with Crippen LogP contribution in [0, 0.1) is 0 Å². The molecule has 0 aliphatic carbocycles. The second-order valence-corrected chi connectivity index (χ2v) is 4.47. The molecule has 1 aliphatic heterocycles. The summed E-state index contributed by atoms with van der Waals surface area (Å²) in [5.41, 5.74) is 6.74. The number of nitrogens with one attached hydrogen (secondary N) is 1. The summed E-state index contributed by atoms with van der Waals surface area (Å²) in [5, 5.41) is 3.04. The largest absolute Gasteiger partial charge is 0.379 e. The van der Waals surface area contributed by atoms with Crippen molar-refractivity contribution in [2.24, 2.45) is 10.7 Å². The van der Waals surface area contributed by atoms with Gasteiger partial charge in [0.25, 0.3) is 0 Å². The highest BCUT2D eigenvalue weighted by molar-refractivity contribution is 5.92. The number of nitrogens with zero attached hydrogens (tertiary/aromatic N) is 1. The molecule has 5 heteroatoms. The number of hydrogen-bond acceptors (Lipinski definition) is 3. The van der Waals surface area contributed by atoms with E-state index in [1.807, 2.05) is 30.3 Å². The lowest BCUT2D eigenvalue weighted by Gasteiger charge is -2.08. The van der Waals surface area contributed by atoms with E-state index in [1.54, 1.807) is 0 Å². The van der Waals surface area contributed by atoms with Crippen molar-refractivity contribution in [2.75, 3.05) is 31.7 Å². The van der Waals surface area contributed by atoms with Gasteiger partial charge in [-0.05, 0) is 25.0 Å². The minimum atomic E-state index is 0.267. The number of nitrogens with two attached hydrogens (primary N) is 1. The molecule has 0 spiro atoms. The van der Waals surface area contributed by atoms with E-state index < -0.39 is 0 Å². The summed E-state index contributed by atoms with van der Waals surface area (Å²) in [5.74, 6) is 0.440. The van der Waals surface area contributed by atoms with Gasteiger partial charge < -0.3 is 20.5 Å². The van der Waals surface area contributed by atoms with Crippen molar-refractivity contribution in [1.29, 1.82) is 0 Å². The first-order valence-electron chi connectivity index (χ1n) is 6.66. The molecule has 0 amide bonds. The summed E-state index contributed by atoms with van der Waals surface area (Å²) in [6, 6.07) is 9.76. The summed E-state index contributed by atoms with van der Waals surface area (Å²) in [4.78, 5) is 4.26. The second-order valence-electron chi connectivity index (χ2n) is 4.47. The Hall–Kier alpha value is -1.59. The van der Waals surface area contributed by atoms with E-state index in [1.165, 1.54) is 0 Å². The lowest BCUT2D eigenvalue weighted by atomic mass is 10.3. The zero-order chi connectivity index (χ0) is 13.3. The highest BCUT2D eigenvalue weighted by Gasteiger charge is 2.15. The molecule has 1 saturated heterocycles. The fraction of sp³-hybridized carbons (Fsp3) is 0.500. The molecule has 1 aliphatic rings. The van der Waals surface area contributed by atoms with Crippen LogP contribution in [0.3, 0.4) is 0 Å². The summed E-state index contributed by atoms with van der Waals surface area (Å²) in [6.45, 7) is 2.91. The number of benzene rings is 1. The average Bonchev–Trinajstić information content (AvgIpc) is 2.92. The van der Waals surface area contributed by atoms with Gasteiger partial charge in [0.05, 0.1) is 12.7 Å². The molecule has 0 radical (unpaired) electrons. The highest BCUT2D eigenvalue weighted by Crippen LogP contribution is 2.08. The van der Waals surface area contributed by atoms with Gasteiger partial charge in [0.2, 0.25) is 0 Å². The minimum absolute atomic E-state index is 0.267. The summed E-state index contributed by atoms with van der Waals surface area (Å²) in [6.07, 6.45) is 2.14. The number of guanidine groups is 1. The number of aliphatic imine (C=N–C) groups is 1. The lowest BCUT2D eigenvalue weighted by Crippen LogP contribution is -2.23. The van der Waals surface area contributed by atoms with Crippen LogP contribution < -0.4 is 11.1 Å². The van der Waals surface area contributed by atoms with Gasteiger partial charge in [0, 0.05) is 25.4 Å². The predicted octanol–water partition coefficient (Wildman–Crippen LogP) is 1.61. The maximum Gasteiger partial charge on any atom is 0.193 e. The molecule has 0 bridgehead atoms. The Morgan fingerprint density at radius 1 is 1.42 bits per heavy atom. The summed E-state index contributed by atoms with van der Waals surface area (Å²) >= 11 is 0. The quantitative estimate of drug-likeness (QED) is 0.465. The van der Waals surface area contributed by atoms with Crippen LogP contribution in [0.25, 0.3) is 0 Å². The maximum atomic E-state index is 5.79. The summed E-state index contributed by atoms with van der Waals surface area (Å²) < 4.78 is 10.9. The van der Waals surface area contributed by atoms with Crippen LogP contribution in [-0.4, -0.2) is 38.4 Å². The number of ether oxygens (including phenoxy) is 2. The van der Waals surface area contributed by atoms with E-state index in [-0.39, 0.29) is 6.10 Å². The molecule has 19 heavy (non-hydrogen) atoms. The van der Waals surface area contributed by atoms with Crippen LogP contribution >= 0.6 is 0 Å². The van der Waals surface area contributed by atoms with E-state index in [9.17, 15) is 0 Å². The molecule has 1 fully saturated rings. The Morgan fingerprint density at radius 2 is 2.26 bits per heavy atom. The normalized spacial score (nSPS) is 19.6. The van der Waals surface area contributed by atoms with Gasteiger partial charge in [-0.25, -0.2) is 0 Å². The van der Waals surface area contributed by atoms with Crippen molar-refractivity contribution in [2.45, 2.75) is 18.9 Å². The number of para-hydroxylation sites is 1. The smallest absolute Gasteiger partial charge is 0.193 e. The Balaban J connectivity index is 1.59. The molecule has 5 nitrogen and oxygen atoms in total. The fourth-order valence-electron chi connectivity index (χ4n) is 1.87. The van der Waals surface area contributed by atoms with Crippen LogP contribution in [0.4, 0.5) is 5.69 Å². The SMILES string of the molecule is NC(=NCCCOC1CCOC1)Nc1ccccc1. The molecule has 1 heterocycles. The third kappa shape index (κ3) is 5.28. The molecule has 1 unspecified atom stereocenters. The molecule has 0 saturated carbocycles. The van der Waals surface area contributed by atoms with E-state index >= 15 is 0 Å². The van der Waals surface area contributed by atoms with E-state index in [0.717, 1.165) is 31.7 Å². The topological polar surface area (TPSA) is 68.9 Å². The monoisotopic (exact) mass is 263 g/mol. The molecule has 0 aromatic heterocycles. The first-order chi connectivity index (χ1) is 9.34. The van der Waals surface area contributed by atoms with Gasteiger partial charge in [0.15, 0.2) is 5.96 Å². The van der Waals surface area contributed by atoms with Crippen molar-refractivity contribution in [3.63, 3.8) is 0 Å². The fourth-order valence-corrected chi connectivity index (χ4v) is 1.87. The molecule has 1 atom stereocenters. The van der Waals surface area contributed by atoms with Gasteiger partial charge >= 0.3 is 0 Å². The number of rotatable bonds is 6. The molecule has 104 valence electrons. The minimum Gasteiger partial charge on any atom is -0.379 e. The van der Waals surface area contributed by atoms with E-state index in [4.69, 9.17) is 15.2 Å². The Labute approximate surface area is 113 Å². The van der Waals surface area contributed by atoms with Gasteiger partial charge in [-0.2, -0.15) is 0 Å². The Bertz CT molecular complexity index is 389. The van der Waals surface area contributed by atoms with Crippen LogP contribution in [0.15, 0.2) is 35.3 Å². The van der Waals surface area contributed by atoms with Crippen LogP contribution in [0.1, 0.15) is 12.8 Å². The first-order valence-corrected chi connectivity index (χ1v) is 6.66. The predicted molar refractivity (Wildman–Crippen MR) is 76.3 cm³/mol. The highest BCUT2D eigenvalue weighted by atomic mass is 16.5. The average molecular weight is 263 g/mol. The zero-order valence-electron chi connectivity index (χ0n) is 11.0. The molecular weight excluding hydrogens is 242 g/mol. The molecular formula is C14H21N3O2. The Morgan fingerprint density at radius 3 is 3.00 bits per heavy atom. The second kappa shape index (κ2) is 7.76. The van der Waals surface area contributed by atoms with Crippen molar-refractivity contribution < 1.29 is 9.47 Å². The third-order valence-electron chi connectivity index (χ3n) is 2.87. The standard InChI is InChI=1S/C14H21N3O2/c15-14(17-12-5-2-1-3-6-12)16-8-4-9-19-13-7-10-18-11-13/h1-3,5-6,13H,4,7-11H2,(H3,15,16,17). The number of hydrogen-bond donors (Lipinski definition) is 2. The third-order valence-corrected chi connectivity index (χ3v) is 2.87. The molecule has 3 N–H and O–H groups in total. The van der Waals surface area contributed by atoms with Crippen LogP contribution in [0.2, 0.25) is 0 Å². The van der Waals surface area contributed by atoms with Gasteiger partial charge in [-0.15, -0.1) is 0 Å². The molecule has 1 aromatic rings. The number of anilines is 1. The zero-order valence-corrected chi connectivity index (χ0v) is 11.0. The lowest BCUT2D eigenvalue weighted by molar-refractivity contribution is 0.0424.